The van der Waals surface area contributed by atoms with Crippen molar-refractivity contribution in [2.24, 2.45) is 0 Å². The number of hydrogen-bond donors (Lipinski definition) is 0. The van der Waals surface area contributed by atoms with E-state index in [1.807, 2.05) is 12.4 Å². The third kappa shape index (κ3) is 4.04. The molecule has 0 amide bonds. The minimum absolute atomic E-state index is 1.11. The van der Waals surface area contributed by atoms with E-state index >= 15 is 0 Å². The highest BCUT2D eigenvalue weighted by molar-refractivity contribution is 6.26. The van der Waals surface area contributed by atoms with Crippen LogP contribution in [0, 0.1) is 0 Å². The Morgan fingerprint density at radius 2 is 0.600 bits per heavy atom. The molecule has 0 aliphatic rings. The second-order valence-electron chi connectivity index (χ2n) is 13.6. The lowest BCUT2D eigenvalue weighted by molar-refractivity contribution is 1.33. The van der Waals surface area contributed by atoms with Gasteiger partial charge in [0.1, 0.15) is 0 Å². The summed E-state index contributed by atoms with van der Waals surface area (Å²) >= 11 is 0. The van der Waals surface area contributed by atoms with E-state index in [-0.39, 0.29) is 0 Å². The fourth-order valence-corrected chi connectivity index (χ4v) is 8.41. The van der Waals surface area contributed by atoms with Crippen molar-refractivity contribution in [1.82, 2.24) is 4.98 Å². The number of nitrogens with zero attached hydrogens (tertiary/aromatic N) is 1. The van der Waals surface area contributed by atoms with Gasteiger partial charge in [0, 0.05) is 23.5 Å². The van der Waals surface area contributed by atoms with Gasteiger partial charge in [0.05, 0.1) is 0 Å². The van der Waals surface area contributed by atoms with Gasteiger partial charge < -0.3 is 0 Å². The summed E-state index contributed by atoms with van der Waals surface area (Å²) in [6, 6.07) is 60.5. The van der Waals surface area contributed by atoms with Crippen molar-refractivity contribution < 1.29 is 0 Å². The molecule has 0 spiro atoms. The minimum atomic E-state index is 1.11. The number of benzene rings is 10. The summed E-state index contributed by atoms with van der Waals surface area (Å²) in [6.45, 7) is 0. The topological polar surface area (TPSA) is 12.9 Å². The van der Waals surface area contributed by atoms with E-state index in [9.17, 15) is 0 Å². The first kappa shape index (κ1) is 27.4. The van der Waals surface area contributed by atoms with Gasteiger partial charge >= 0.3 is 0 Å². The molecule has 0 saturated heterocycles. The van der Waals surface area contributed by atoms with Crippen LogP contribution in [0.15, 0.2) is 176 Å². The lowest BCUT2D eigenvalue weighted by Gasteiger charge is -2.15. The molecule has 11 aromatic rings. The molecule has 230 valence electrons. The Labute approximate surface area is 289 Å². The van der Waals surface area contributed by atoms with Gasteiger partial charge in [0.15, 0.2) is 0 Å². The highest BCUT2D eigenvalue weighted by Crippen LogP contribution is 2.41. The van der Waals surface area contributed by atoms with Crippen molar-refractivity contribution in [2.75, 3.05) is 0 Å². The SMILES string of the molecule is c1cc2ccc3ccc(-c4ccc(-c5cncc(-c6ccc(-c7ccc8ccc9cccc%10ccc7c8c9%10)cc6)c5)cc4)c4ccc(c1)c2c34. The summed E-state index contributed by atoms with van der Waals surface area (Å²) in [5, 5.41) is 15.8. The molecule has 1 nitrogen and oxygen atoms in total. The molecule has 11 rings (SSSR count). The van der Waals surface area contributed by atoms with Crippen LogP contribution in [0.3, 0.4) is 0 Å². The standard InChI is InChI=1S/C49H29N/c1-3-34-15-17-38-19-23-42(44-25-21-36(5-1)46(34)48(38)44)32-11-7-30(8-12-32)40-27-41(29-50-28-40)31-9-13-33(14-10-31)43-24-20-39-18-16-35-4-2-6-37-22-26-45(43)49(39)47(35)37/h1-29H. The lowest BCUT2D eigenvalue weighted by Crippen LogP contribution is -1.88. The second-order valence-corrected chi connectivity index (χ2v) is 13.6. The summed E-state index contributed by atoms with van der Waals surface area (Å²) in [4.78, 5) is 4.67. The van der Waals surface area contributed by atoms with Gasteiger partial charge in [0.2, 0.25) is 0 Å². The molecule has 0 saturated carbocycles. The average Bonchev–Trinajstić information content (AvgIpc) is 3.19. The zero-order valence-electron chi connectivity index (χ0n) is 27.2. The zero-order chi connectivity index (χ0) is 32.8. The molecular formula is C49H29N. The molecule has 0 bridgehead atoms. The maximum atomic E-state index is 4.67. The van der Waals surface area contributed by atoms with E-state index < -0.39 is 0 Å². The molecule has 50 heavy (non-hydrogen) atoms. The molecule has 0 N–H and O–H groups in total. The molecule has 0 aliphatic carbocycles. The van der Waals surface area contributed by atoms with Crippen LogP contribution in [-0.2, 0) is 0 Å². The minimum Gasteiger partial charge on any atom is -0.263 e. The quantitative estimate of drug-likeness (QED) is 0.176. The summed E-state index contributed by atoms with van der Waals surface area (Å²) in [5.41, 5.74) is 9.51. The largest absolute Gasteiger partial charge is 0.263 e. The van der Waals surface area contributed by atoms with Crippen molar-refractivity contribution in [3.63, 3.8) is 0 Å². The summed E-state index contributed by atoms with van der Waals surface area (Å²) in [5.74, 6) is 0. The Hall–Kier alpha value is -6.57. The van der Waals surface area contributed by atoms with E-state index in [0.29, 0.717) is 0 Å². The maximum absolute atomic E-state index is 4.67. The number of aromatic nitrogens is 1. The van der Waals surface area contributed by atoms with Crippen molar-refractivity contribution >= 4 is 64.6 Å². The van der Waals surface area contributed by atoms with Crippen LogP contribution in [-0.4, -0.2) is 4.98 Å². The van der Waals surface area contributed by atoms with Crippen molar-refractivity contribution in [1.29, 1.82) is 0 Å². The van der Waals surface area contributed by atoms with Gasteiger partial charge in [-0.05, 0) is 104 Å². The summed E-state index contributed by atoms with van der Waals surface area (Å²) in [6.07, 6.45) is 3.93. The third-order valence-corrected chi connectivity index (χ3v) is 10.9. The van der Waals surface area contributed by atoms with Crippen molar-refractivity contribution in [3.05, 3.63) is 176 Å². The van der Waals surface area contributed by atoms with Crippen LogP contribution < -0.4 is 0 Å². The average molecular weight is 632 g/mol. The van der Waals surface area contributed by atoms with Crippen LogP contribution >= 0.6 is 0 Å². The second kappa shape index (κ2) is 10.5. The van der Waals surface area contributed by atoms with Gasteiger partial charge in [0.25, 0.3) is 0 Å². The fourth-order valence-electron chi connectivity index (χ4n) is 8.41. The Morgan fingerprint density at radius 3 is 1.02 bits per heavy atom. The van der Waals surface area contributed by atoms with E-state index in [1.54, 1.807) is 0 Å². The molecule has 0 fully saturated rings. The Bertz CT molecular complexity index is 2820. The maximum Gasteiger partial charge on any atom is 0.0346 e. The van der Waals surface area contributed by atoms with Crippen LogP contribution in [0.1, 0.15) is 0 Å². The summed E-state index contributed by atoms with van der Waals surface area (Å²) < 4.78 is 0. The molecule has 1 heterocycles. The van der Waals surface area contributed by atoms with E-state index in [1.165, 1.54) is 86.9 Å². The molecule has 0 atom stereocenters. The molecule has 1 heteroatoms. The first-order valence-electron chi connectivity index (χ1n) is 17.3. The van der Waals surface area contributed by atoms with E-state index in [2.05, 4.69) is 169 Å². The Morgan fingerprint density at radius 1 is 0.260 bits per heavy atom. The molecular weight excluding hydrogens is 603 g/mol. The lowest BCUT2D eigenvalue weighted by atomic mass is 9.89. The van der Waals surface area contributed by atoms with Crippen LogP contribution in [0.4, 0.5) is 0 Å². The molecule has 0 radical (unpaired) electrons. The fraction of sp³-hybridized carbons (Fsp3) is 0. The van der Waals surface area contributed by atoms with E-state index in [4.69, 9.17) is 0 Å². The Balaban J connectivity index is 0.927. The highest BCUT2D eigenvalue weighted by atomic mass is 14.6. The summed E-state index contributed by atoms with van der Waals surface area (Å²) in [7, 11) is 0. The smallest absolute Gasteiger partial charge is 0.0346 e. The van der Waals surface area contributed by atoms with Gasteiger partial charge in [-0.15, -0.1) is 0 Å². The molecule has 10 aromatic carbocycles. The van der Waals surface area contributed by atoms with Crippen LogP contribution in [0.5, 0.6) is 0 Å². The number of hydrogen-bond acceptors (Lipinski definition) is 1. The van der Waals surface area contributed by atoms with Crippen LogP contribution in [0.2, 0.25) is 0 Å². The first-order valence-corrected chi connectivity index (χ1v) is 17.3. The predicted octanol–water partition coefficient (Wildman–Crippen LogP) is 13.5. The predicted molar refractivity (Wildman–Crippen MR) is 213 cm³/mol. The monoisotopic (exact) mass is 631 g/mol. The van der Waals surface area contributed by atoms with Gasteiger partial charge in [-0.1, -0.05) is 158 Å². The van der Waals surface area contributed by atoms with Gasteiger partial charge in [-0.2, -0.15) is 0 Å². The third-order valence-electron chi connectivity index (χ3n) is 10.9. The first-order chi connectivity index (χ1) is 24.8. The molecule has 0 aliphatic heterocycles. The van der Waals surface area contributed by atoms with Crippen LogP contribution in [0.25, 0.3) is 109 Å². The van der Waals surface area contributed by atoms with Gasteiger partial charge in [-0.25, -0.2) is 0 Å². The zero-order valence-corrected chi connectivity index (χ0v) is 27.2. The van der Waals surface area contributed by atoms with Crippen molar-refractivity contribution in [3.8, 4) is 44.5 Å². The Kier molecular flexibility index (Phi) is 5.73. The number of rotatable bonds is 4. The van der Waals surface area contributed by atoms with Crippen molar-refractivity contribution in [2.45, 2.75) is 0 Å². The normalized spacial score (nSPS) is 12.0. The number of pyridine rings is 1. The van der Waals surface area contributed by atoms with Gasteiger partial charge in [-0.3, -0.25) is 4.98 Å². The van der Waals surface area contributed by atoms with E-state index in [0.717, 1.165) is 22.3 Å². The molecule has 1 aromatic heterocycles. The highest BCUT2D eigenvalue weighted by Gasteiger charge is 2.14. The molecule has 0 unspecified atom stereocenters.